The molecule has 0 amide bonds. The number of hydrogen-bond acceptors (Lipinski definition) is 3. The third kappa shape index (κ3) is 11.0. The largest absolute Gasteiger partial charge is 1.00 e. The van der Waals surface area contributed by atoms with Crippen molar-refractivity contribution in [2.24, 2.45) is 0 Å². The van der Waals surface area contributed by atoms with E-state index >= 15 is 0 Å². The third-order valence-corrected chi connectivity index (χ3v) is 3.61. The van der Waals surface area contributed by atoms with Gasteiger partial charge < -0.3 is 7.59 Å². The molecule has 0 atom stereocenters. The predicted molar refractivity (Wildman–Crippen MR) is 92.1 cm³/mol. The van der Waals surface area contributed by atoms with Crippen LogP contribution >= 0.6 is 0 Å². The molecule has 0 radical (unpaired) electrons. The number of rotatable bonds is 8. The quantitative estimate of drug-likeness (QED) is 0.322. The van der Waals surface area contributed by atoms with Gasteiger partial charge in [0.2, 0.25) is 0 Å². The van der Waals surface area contributed by atoms with Crippen LogP contribution in [0, 0.1) is 0 Å². The summed E-state index contributed by atoms with van der Waals surface area (Å²) < 4.78 is 4.85. The molecule has 0 saturated carbocycles. The first-order valence-corrected chi connectivity index (χ1v) is 8.05. The number of carbonyl (C=O) groups is 2. The molecule has 2 rings (SSSR count). The van der Waals surface area contributed by atoms with Crippen molar-refractivity contribution in [1.82, 2.24) is 0 Å². The molecule has 0 aliphatic heterocycles. The Kier molecular flexibility index (Phi) is 14.5. The van der Waals surface area contributed by atoms with Crippen molar-refractivity contribution in [2.75, 3.05) is 0 Å². The van der Waals surface area contributed by atoms with Gasteiger partial charge in [0.15, 0.2) is 0 Å². The molecule has 0 heterocycles. The number of carbonyl (C=O) groups excluding carboxylic acids is 2. The normalized spacial score (nSPS) is 9.44. The van der Waals surface area contributed by atoms with Crippen molar-refractivity contribution in [3.63, 3.8) is 0 Å². The first-order valence-electron chi connectivity index (χ1n) is 8.05. The molecule has 0 aliphatic carbocycles. The van der Waals surface area contributed by atoms with Crippen molar-refractivity contribution in [2.45, 2.75) is 38.5 Å². The van der Waals surface area contributed by atoms with E-state index in [1.807, 2.05) is 60.7 Å². The number of hydrogen-bond donors (Lipinski definition) is 0. The zero-order valence-electron chi connectivity index (χ0n) is 17.2. The Bertz CT molecular complexity index is 570. The van der Waals surface area contributed by atoms with Gasteiger partial charge in [-0.05, 0) is 36.8 Å². The standard InChI is InChI=1S/C20H22O3.2Na.2H/c21-19(15-7-13-17-9-3-1-4-10-17)23-20(22)16-8-14-18-11-5-2-6-12-18;;;;/h1-6,9-12H,7-8,13-16H2;;;;/q;2*+1;2*-1. The van der Waals surface area contributed by atoms with Crippen LogP contribution in [0.3, 0.4) is 0 Å². The number of esters is 2. The van der Waals surface area contributed by atoms with Gasteiger partial charge in [0.1, 0.15) is 0 Å². The van der Waals surface area contributed by atoms with Gasteiger partial charge in [0.05, 0.1) is 0 Å². The zero-order valence-corrected chi connectivity index (χ0v) is 19.2. The average Bonchev–Trinajstić information content (AvgIpc) is 2.57. The smallest absolute Gasteiger partial charge is 1.00 e. The minimum atomic E-state index is -0.425. The fourth-order valence-electron chi connectivity index (χ4n) is 2.39. The van der Waals surface area contributed by atoms with Gasteiger partial charge in [0.25, 0.3) is 0 Å². The van der Waals surface area contributed by atoms with E-state index < -0.39 is 11.9 Å². The molecule has 0 fully saturated rings. The Balaban J connectivity index is -0.00000144. The SMILES string of the molecule is O=C(CCCc1ccccc1)OC(=O)CCCc1ccccc1.[H-].[H-].[Na+].[Na+]. The summed E-state index contributed by atoms with van der Waals surface area (Å²) in [5.74, 6) is -0.851. The second kappa shape index (κ2) is 14.7. The van der Waals surface area contributed by atoms with E-state index in [1.165, 1.54) is 11.1 Å². The average molecular weight is 358 g/mol. The van der Waals surface area contributed by atoms with Crippen molar-refractivity contribution >= 4 is 11.9 Å². The van der Waals surface area contributed by atoms with Gasteiger partial charge in [-0.1, -0.05) is 60.7 Å². The zero-order chi connectivity index (χ0) is 16.3. The first-order chi connectivity index (χ1) is 11.2. The molecule has 5 heteroatoms. The Hall–Kier alpha value is -0.420. The number of ether oxygens (including phenoxy) is 1. The monoisotopic (exact) mass is 358 g/mol. The van der Waals surface area contributed by atoms with Crippen LogP contribution in [0.2, 0.25) is 0 Å². The fraction of sp³-hybridized carbons (Fsp3) is 0.300. The Morgan fingerprint density at radius 1 is 0.680 bits per heavy atom. The van der Waals surface area contributed by atoms with Crippen LogP contribution in [0.4, 0.5) is 0 Å². The molecule has 2 aromatic carbocycles. The van der Waals surface area contributed by atoms with Gasteiger partial charge in [-0.25, -0.2) is 0 Å². The Morgan fingerprint density at radius 2 is 1.04 bits per heavy atom. The van der Waals surface area contributed by atoms with E-state index in [1.54, 1.807) is 0 Å². The topological polar surface area (TPSA) is 43.4 Å². The van der Waals surface area contributed by atoms with Crippen molar-refractivity contribution < 1.29 is 76.3 Å². The molecule has 2 aromatic rings. The molecule has 0 aromatic heterocycles. The maximum Gasteiger partial charge on any atom is 1.00 e. The number of aryl methyl sites for hydroxylation is 2. The number of benzene rings is 2. The molecule has 3 nitrogen and oxygen atoms in total. The molecule has 25 heavy (non-hydrogen) atoms. The molecule has 0 N–H and O–H groups in total. The van der Waals surface area contributed by atoms with Crippen molar-refractivity contribution in [3.8, 4) is 0 Å². The van der Waals surface area contributed by atoms with E-state index in [2.05, 4.69) is 0 Å². The molecular weight excluding hydrogens is 334 g/mol. The molecule has 0 aliphatic rings. The van der Waals surface area contributed by atoms with Crippen molar-refractivity contribution in [3.05, 3.63) is 71.8 Å². The van der Waals surface area contributed by atoms with Gasteiger partial charge in [-0.15, -0.1) is 0 Å². The second-order valence-electron chi connectivity index (χ2n) is 5.52. The summed E-state index contributed by atoms with van der Waals surface area (Å²) in [6, 6.07) is 19.9. The summed E-state index contributed by atoms with van der Waals surface area (Å²) in [6.45, 7) is 0. The summed E-state index contributed by atoms with van der Waals surface area (Å²) in [5, 5.41) is 0. The van der Waals surface area contributed by atoms with E-state index in [-0.39, 0.29) is 74.8 Å². The van der Waals surface area contributed by atoms with Crippen LogP contribution in [0.15, 0.2) is 60.7 Å². The van der Waals surface area contributed by atoms with Crippen LogP contribution in [-0.4, -0.2) is 11.9 Å². The third-order valence-electron chi connectivity index (χ3n) is 3.61. The predicted octanol–water partition coefficient (Wildman–Crippen LogP) is -1.66. The molecule has 0 spiro atoms. The summed E-state index contributed by atoms with van der Waals surface area (Å²) in [5.41, 5.74) is 2.38. The van der Waals surface area contributed by atoms with Gasteiger partial charge in [-0.2, -0.15) is 0 Å². The van der Waals surface area contributed by atoms with Gasteiger partial charge in [0, 0.05) is 12.8 Å². The van der Waals surface area contributed by atoms with Crippen LogP contribution in [0.25, 0.3) is 0 Å². The van der Waals surface area contributed by atoms with E-state index in [0.29, 0.717) is 12.8 Å². The molecule has 0 unspecified atom stereocenters. The summed E-state index contributed by atoms with van der Waals surface area (Å²) in [7, 11) is 0. The van der Waals surface area contributed by atoms with Crippen molar-refractivity contribution in [1.29, 1.82) is 0 Å². The maximum atomic E-state index is 11.6. The van der Waals surface area contributed by atoms with E-state index in [0.717, 1.165) is 12.8 Å². The summed E-state index contributed by atoms with van der Waals surface area (Å²) in [6.07, 6.45) is 3.58. The fourth-order valence-corrected chi connectivity index (χ4v) is 2.39. The van der Waals surface area contributed by atoms with Crippen LogP contribution < -0.4 is 59.1 Å². The van der Waals surface area contributed by atoms with Gasteiger partial charge in [-0.3, -0.25) is 9.59 Å². The van der Waals surface area contributed by atoms with Crippen LogP contribution in [0.5, 0.6) is 0 Å². The minimum Gasteiger partial charge on any atom is -1.00 e. The summed E-state index contributed by atoms with van der Waals surface area (Å²) >= 11 is 0. The Labute approximate surface area is 197 Å². The first kappa shape index (κ1) is 24.6. The van der Waals surface area contributed by atoms with Crippen LogP contribution in [0.1, 0.15) is 39.7 Å². The molecule has 0 bridgehead atoms. The van der Waals surface area contributed by atoms with E-state index in [4.69, 9.17) is 4.74 Å². The van der Waals surface area contributed by atoms with E-state index in [9.17, 15) is 9.59 Å². The minimum absolute atomic E-state index is 0. The maximum absolute atomic E-state index is 11.6. The second-order valence-corrected chi connectivity index (χ2v) is 5.52. The van der Waals surface area contributed by atoms with Crippen LogP contribution in [-0.2, 0) is 27.2 Å². The summed E-state index contributed by atoms with van der Waals surface area (Å²) in [4.78, 5) is 23.3. The Morgan fingerprint density at radius 3 is 1.40 bits per heavy atom. The molecular formula is C20H24Na2O3. The molecule has 0 saturated heterocycles. The molecule has 124 valence electrons. The van der Waals surface area contributed by atoms with Gasteiger partial charge >= 0.3 is 71.1 Å².